The normalized spacial score (nSPS) is 14.1. The monoisotopic (exact) mass is 251 g/mol. The molecule has 2 N–H and O–H groups in total. The largest absolute Gasteiger partial charge is 0.496 e. The summed E-state index contributed by atoms with van der Waals surface area (Å²) in [5.74, 6) is 2.29. The van der Waals surface area contributed by atoms with Gasteiger partial charge in [0.15, 0.2) is 0 Å². The van der Waals surface area contributed by atoms with Gasteiger partial charge in [0.05, 0.1) is 14.2 Å². The van der Waals surface area contributed by atoms with Gasteiger partial charge < -0.3 is 15.2 Å². The first-order valence-electron chi connectivity index (χ1n) is 6.53. The van der Waals surface area contributed by atoms with Crippen LogP contribution in [-0.2, 0) is 6.42 Å². The molecule has 0 unspecified atom stereocenters. The van der Waals surface area contributed by atoms with Crippen molar-refractivity contribution in [3.63, 3.8) is 0 Å². The third-order valence-electron chi connectivity index (χ3n) is 3.32. The van der Waals surface area contributed by atoms with E-state index in [0.717, 1.165) is 29.9 Å². The van der Waals surface area contributed by atoms with E-state index < -0.39 is 0 Å². The molecule has 0 radical (unpaired) electrons. The summed E-state index contributed by atoms with van der Waals surface area (Å²) in [5.41, 5.74) is 8.17. The van der Waals surface area contributed by atoms with E-state index in [4.69, 9.17) is 15.2 Å². The predicted molar refractivity (Wildman–Crippen MR) is 75.6 cm³/mol. The van der Waals surface area contributed by atoms with Crippen molar-refractivity contribution in [2.45, 2.75) is 45.6 Å². The van der Waals surface area contributed by atoms with E-state index in [9.17, 15) is 0 Å². The summed E-state index contributed by atoms with van der Waals surface area (Å²) in [6, 6.07) is 4.26. The zero-order valence-corrected chi connectivity index (χ0v) is 12.1. The zero-order valence-electron chi connectivity index (χ0n) is 12.1. The van der Waals surface area contributed by atoms with Gasteiger partial charge in [0.25, 0.3) is 0 Å². The third-order valence-corrected chi connectivity index (χ3v) is 3.32. The first-order chi connectivity index (χ1) is 8.53. The van der Waals surface area contributed by atoms with Crippen LogP contribution in [0, 0.1) is 0 Å². The van der Waals surface area contributed by atoms with Gasteiger partial charge in [-0.15, -0.1) is 0 Å². The van der Waals surface area contributed by atoms with E-state index in [-0.39, 0.29) is 6.04 Å². The average Bonchev–Trinajstić information content (AvgIpc) is 2.36. The number of methoxy groups -OCH3 is 2. The number of benzene rings is 1. The Morgan fingerprint density at radius 3 is 2.17 bits per heavy atom. The van der Waals surface area contributed by atoms with Crippen molar-refractivity contribution < 1.29 is 9.47 Å². The fourth-order valence-corrected chi connectivity index (χ4v) is 2.10. The fourth-order valence-electron chi connectivity index (χ4n) is 2.10. The molecule has 1 aromatic rings. The second-order valence-corrected chi connectivity index (χ2v) is 4.90. The van der Waals surface area contributed by atoms with Gasteiger partial charge in [-0.2, -0.15) is 0 Å². The summed E-state index contributed by atoms with van der Waals surface area (Å²) in [6.07, 6.45) is 1.87. The maximum atomic E-state index is 5.87. The van der Waals surface area contributed by atoms with Gasteiger partial charge in [0, 0.05) is 11.6 Å². The lowest BCUT2D eigenvalue weighted by atomic mass is 9.94. The highest BCUT2D eigenvalue weighted by atomic mass is 16.5. The van der Waals surface area contributed by atoms with Crippen LogP contribution in [0.3, 0.4) is 0 Å². The van der Waals surface area contributed by atoms with Crippen LogP contribution in [0.1, 0.15) is 44.2 Å². The Labute approximate surface area is 110 Å². The van der Waals surface area contributed by atoms with Gasteiger partial charge in [0.1, 0.15) is 11.5 Å². The number of hydrogen-bond donors (Lipinski definition) is 1. The highest BCUT2D eigenvalue weighted by Crippen LogP contribution is 2.35. The van der Waals surface area contributed by atoms with E-state index in [0.29, 0.717) is 5.92 Å². The Bertz CT molecular complexity index is 388. The smallest absolute Gasteiger partial charge is 0.122 e. The summed E-state index contributed by atoms with van der Waals surface area (Å²) in [7, 11) is 3.41. The van der Waals surface area contributed by atoms with Crippen molar-refractivity contribution in [2.24, 2.45) is 5.73 Å². The highest BCUT2D eigenvalue weighted by Gasteiger charge is 2.15. The minimum Gasteiger partial charge on any atom is -0.496 e. The van der Waals surface area contributed by atoms with Crippen LogP contribution in [0.5, 0.6) is 11.5 Å². The first kappa shape index (κ1) is 14.8. The average molecular weight is 251 g/mol. The van der Waals surface area contributed by atoms with Crippen molar-refractivity contribution in [3.05, 3.63) is 23.3 Å². The van der Waals surface area contributed by atoms with Crippen molar-refractivity contribution in [2.75, 3.05) is 14.2 Å². The second kappa shape index (κ2) is 6.64. The molecule has 0 aliphatic heterocycles. The minimum atomic E-state index is 0.109. The van der Waals surface area contributed by atoms with Crippen LogP contribution >= 0.6 is 0 Å². The molecule has 0 saturated carbocycles. The van der Waals surface area contributed by atoms with E-state index in [2.05, 4.69) is 26.0 Å². The van der Waals surface area contributed by atoms with Crippen LogP contribution in [0.4, 0.5) is 0 Å². The van der Waals surface area contributed by atoms with Crippen LogP contribution in [-0.4, -0.2) is 20.3 Å². The molecule has 0 aliphatic carbocycles. The van der Waals surface area contributed by atoms with E-state index in [1.54, 1.807) is 14.2 Å². The van der Waals surface area contributed by atoms with E-state index in [1.165, 1.54) is 5.56 Å². The number of nitrogens with two attached hydrogens (primary N) is 1. The fraction of sp³-hybridized carbons (Fsp3) is 0.600. The standard InChI is InChI=1S/C15H25NO2/c1-6-10(2)13-9-14(17-4)12(7-11(3)16)8-15(13)18-5/h8-11H,6-7,16H2,1-5H3/t10-,11-/m1/s1. The Morgan fingerprint density at radius 2 is 1.72 bits per heavy atom. The summed E-state index contributed by atoms with van der Waals surface area (Å²) in [6.45, 7) is 6.36. The van der Waals surface area contributed by atoms with Crippen molar-refractivity contribution in [3.8, 4) is 11.5 Å². The lowest BCUT2D eigenvalue weighted by Crippen LogP contribution is -2.18. The topological polar surface area (TPSA) is 44.5 Å². The maximum Gasteiger partial charge on any atom is 0.122 e. The predicted octanol–water partition coefficient (Wildman–Crippen LogP) is 3.11. The Kier molecular flexibility index (Phi) is 5.48. The Hall–Kier alpha value is -1.22. The molecule has 0 aromatic heterocycles. The molecule has 0 bridgehead atoms. The molecule has 0 spiro atoms. The molecular formula is C15H25NO2. The second-order valence-electron chi connectivity index (χ2n) is 4.90. The molecule has 102 valence electrons. The molecule has 0 amide bonds. The lowest BCUT2D eigenvalue weighted by Gasteiger charge is -2.19. The molecule has 0 heterocycles. The van der Waals surface area contributed by atoms with Crippen LogP contribution in [0.2, 0.25) is 0 Å². The molecule has 1 aromatic carbocycles. The number of ether oxygens (including phenoxy) is 2. The summed E-state index contributed by atoms with van der Waals surface area (Å²) in [4.78, 5) is 0. The zero-order chi connectivity index (χ0) is 13.7. The van der Waals surface area contributed by atoms with Gasteiger partial charge in [-0.3, -0.25) is 0 Å². The molecule has 3 heteroatoms. The SMILES string of the molecule is CC[C@@H](C)c1cc(OC)c(C[C@@H](C)N)cc1OC. The summed E-state index contributed by atoms with van der Waals surface area (Å²) < 4.78 is 11.0. The molecule has 18 heavy (non-hydrogen) atoms. The minimum absolute atomic E-state index is 0.109. The summed E-state index contributed by atoms with van der Waals surface area (Å²) >= 11 is 0. The van der Waals surface area contributed by atoms with Crippen LogP contribution < -0.4 is 15.2 Å². The molecule has 0 aliphatic rings. The van der Waals surface area contributed by atoms with Crippen LogP contribution in [0.25, 0.3) is 0 Å². The van der Waals surface area contributed by atoms with Crippen LogP contribution in [0.15, 0.2) is 12.1 Å². The molecular weight excluding hydrogens is 226 g/mol. The Balaban J connectivity index is 3.23. The molecule has 0 saturated heterocycles. The van der Waals surface area contributed by atoms with E-state index >= 15 is 0 Å². The highest BCUT2D eigenvalue weighted by molar-refractivity contribution is 5.48. The molecule has 3 nitrogen and oxygen atoms in total. The van der Waals surface area contributed by atoms with Crippen molar-refractivity contribution in [1.82, 2.24) is 0 Å². The van der Waals surface area contributed by atoms with Gasteiger partial charge in [0.2, 0.25) is 0 Å². The van der Waals surface area contributed by atoms with Gasteiger partial charge >= 0.3 is 0 Å². The lowest BCUT2D eigenvalue weighted by molar-refractivity contribution is 0.391. The molecule has 2 atom stereocenters. The molecule has 0 fully saturated rings. The number of rotatable bonds is 6. The quantitative estimate of drug-likeness (QED) is 0.845. The Morgan fingerprint density at radius 1 is 1.11 bits per heavy atom. The maximum absolute atomic E-state index is 5.87. The van der Waals surface area contributed by atoms with Gasteiger partial charge in [-0.25, -0.2) is 0 Å². The first-order valence-corrected chi connectivity index (χ1v) is 6.53. The third kappa shape index (κ3) is 3.39. The van der Waals surface area contributed by atoms with Crippen molar-refractivity contribution in [1.29, 1.82) is 0 Å². The molecule has 1 rings (SSSR count). The van der Waals surface area contributed by atoms with Crippen molar-refractivity contribution >= 4 is 0 Å². The van der Waals surface area contributed by atoms with Gasteiger partial charge in [-0.05, 0) is 43.4 Å². The van der Waals surface area contributed by atoms with E-state index in [1.807, 2.05) is 6.92 Å². The number of hydrogen-bond acceptors (Lipinski definition) is 3. The van der Waals surface area contributed by atoms with Gasteiger partial charge in [-0.1, -0.05) is 13.8 Å². The summed E-state index contributed by atoms with van der Waals surface area (Å²) in [5, 5.41) is 0.